The van der Waals surface area contributed by atoms with Crippen LogP contribution in [0.1, 0.15) is 66.3 Å². The van der Waals surface area contributed by atoms with Crippen molar-refractivity contribution in [2.75, 3.05) is 7.11 Å². The number of thiophene rings is 1. The molecule has 4 heteroatoms. The van der Waals surface area contributed by atoms with Crippen LogP contribution >= 0.6 is 11.3 Å². The second-order valence-corrected chi connectivity index (χ2v) is 9.71. The number of esters is 1. The average Bonchev–Trinajstić information content (AvgIpc) is 3.12. The summed E-state index contributed by atoms with van der Waals surface area (Å²) in [7, 11) is 1.50. The zero-order valence-corrected chi connectivity index (χ0v) is 19.5. The van der Waals surface area contributed by atoms with E-state index in [1.54, 1.807) is 0 Å². The van der Waals surface area contributed by atoms with Crippen molar-refractivity contribution < 1.29 is 9.53 Å². The first-order valence-electron chi connectivity index (χ1n) is 11.1. The minimum Gasteiger partial charge on any atom is -0.469 e. The Labute approximate surface area is 183 Å². The quantitative estimate of drug-likeness (QED) is 0.427. The van der Waals surface area contributed by atoms with Crippen molar-refractivity contribution in [3.63, 3.8) is 0 Å². The number of methoxy groups -OCH3 is 1. The van der Waals surface area contributed by atoms with Crippen LogP contribution in [0, 0.1) is 19.8 Å². The zero-order valence-electron chi connectivity index (χ0n) is 18.7. The number of nitrogens with zero attached hydrogens (tertiary/aromatic N) is 1. The Bertz CT molecular complexity index is 1080. The molecule has 0 aliphatic heterocycles. The fourth-order valence-corrected chi connectivity index (χ4v) is 6.13. The van der Waals surface area contributed by atoms with Gasteiger partial charge in [0.2, 0.25) is 0 Å². The number of pyridine rings is 1. The van der Waals surface area contributed by atoms with Crippen LogP contribution in [0.15, 0.2) is 24.3 Å². The molecule has 3 aromatic rings. The van der Waals surface area contributed by atoms with Crippen LogP contribution in [0.5, 0.6) is 0 Å². The van der Waals surface area contributed by atoms with Gasteiger partial charge in [-0.1, -0.05) is 50.1 Å². The van der Waals surface area contributed by atoms with Crippen LogP contribution in [-0.4, -0.2) is 18.1 Å². The molecule has 0 radical (unpaired) electrons. The number of aryl methyl sites for hydroxylation is 4. The van der Waals surface area contributed by atoms with E-state index in [0.29, 0.717) is 0 Å². The van der Waals surface area contributed by atoms with E-state index in [9.17, 15) is 4.79 Å². The Kier molecular flexibility index (Phi) is 5.97. The molecular weight excluding hydrogens is 390 g/mol. The Balaban J connectivity index is 2.10. The number of rotatable bonds is 5. The molecule has 0 bridgehead atoms. The first-order valence-corrected chi connectivity index (χ1v) is 11.9. The summed E-state index contributed by atoms with van der Waals surface area (Å²) >= 11 is 1.85. The van der Waals surface area contributed by atoms with Gasteiger partial charge in [0.25, 0.3) is 0 Å². The van der Waals surface area contributed by atoms with E-state index >= 15 is 0 Å². The predicted molar refractivity (Wildman–Crippen MR) is 125 cm³/mol. The highest BCUT2D eigenvalue weighted by atomic mass is 32.1. The van der Waals surface area contributed by atoms with Crippen molar-refractivity contribution in [3.05, 3.63) is 51.5 Å². The van der Waals surface area contributed by atoms with Gasteiger partial charge in [0.15, 0.2) is 0 Å². The summed E-state index contributed by atoms with van der Waals surface area (Å²) in [6.07, 6.45) is 5.63. The molecule has 1 aliphatic carbocycles. The normalized spacial score (nSPS) is 15.6. The van der Waals surface area contributed by atoms with E-state index in [-0.39, 0.29) is 17.8 Å². The molecule has 3 nitrogen and oxygen atoms in total. The van der Waals surface area contributed by atoms with Crippen LogP contribution in [-0.2, 0) is 22.4 Å². The third kappa shape index (κ3) is 3.56. The minimum absolute atomic E-state index is 0.161. The molecule has 0 saturated carbocycles. The smallest absolute Gasteiger partial charge is 0.313 e. The first-order chi connectivity index (χ1) is 14.5. The molecule has 0 amide bonds. The molecule has 1 aliphatic rings. The van der Waals surface area contributed by atoms with Crippen LogP contribution in [0.3, 0.4) is 0 Å². The summed E-state index contributed by atoms with van der Waals surface area (Å²) in [5, 5.41) is 1.27. The summed E-state index contributed by atoms with van der Waals surface area (Å²) in [4.78, 5) is 20.7. The molecule has 30 heavy (non-hydrogen) atoms. The van der Waals surface area contributed by atoms with Gasteiger partial charge in [-0.05, 0) is 67.7 Å². The molecule has 2 atom stereocenters. The SMILES string of the molecule is CCC(C)C(C(=O)OC)c1c(C)nc2sc3c(c2c1-c1ccc(C)cc1)CCCC3. The number of hydrogen-bond donors (Lipinski definition) is 0. The fourth-order valence-electron chi connectivity index (χ4n) is 4.81. The Morgan fingerprint density at radius 1 is 1.17 bits per heavy atom. The summed E-state index contributed by atoms with van der Waals surface area (Å²) < 4.78 is 5.30. The van der Waals surface area contributed by atoms with Gasteiger partial charge in [-0.3, -0.25) is 4.79 Å². The Morgan fingerprint density at radius 3 is 2.53 bits per heavy atom. The molecular formula is C26H31NO2S. The van der Waals surface area contributed by atoms with Crippen LogP contribution in [0.25, 0.3) is 21.3 Å². The van der Waals surface area contributed by atoms with Crippen molar-refractivity contribution in [2.45, 2.75) is 65.7 Å². The fraction of sp³-hybridized carbons (Fsp3) is 0.462. The maximum atomic E-state index is 13.0. The summed E-state index contributed by atoms with van der Waals surface area (Å²) in [5.41, 5.74) is 7.08. The third-order valence-electron chi connectivity index (χ3n) is 6.65. The number of ether oxygens (including phenoxy) is 1. The molecule has 4 rings (SSSR count). The van der Waals surface area contributed by atoms with Crippen molar-refractivity contribution in [1.82, 2.24) is 4.98 Å². The standard InChI is InChI=1S/C26H31NO2S/c1-6-16(3)21(26(28)29-5)22-17(4)27-25-24(19-9-7-8-10-20(19)30-25)23(22)18-13-11-15(2)12-14-18/h11-14,16,21H,6-10H2,1-5H3. The zero-order chi connectivity index (χ0) is 21.4. The highest BCUT2D eigenvalue weighted by molar-refractivity contribution is 7.19. The lowest BCUT2D eigenvalue weighted by Crippen LogP contribution is -2.23. The maximum Gasteiger partial charge on any atom is 0.313 e. The van der Waals surface area contributed by atoms with Crippen LogP contribution in [0.4, 0.5) is 0 Å². The van der Waals surface area contributed by atoms with Crippen LogP contribution in [0.2, 0.25) is 0 Å². The van der Waals surface area contributed by atoms with E-state index in [0.717, 1.165) is 35.4 Å². The number of hydrogen-bond acceptors (Lipinski definition) is 4. The van der Waals surface area contributed by atoms with E-state index in [1.165, 1.54) is 52.5 Å². The number of fused-ring (bicyclic) bond motifs is 3. The molecule has 2 heterocycles. The van der Waals surface area contributed by atoms with E-state index in [2.05, 4.69) is 52.0 Å². The minimum atomic E-state index is -0.313. The molecule has 158 valence electrons. The maximum absolute atomic E-state index is 13.0. The molecule has 0 spiro atoms. The molecule has 2 unspecified atom stereocenters. The highest BCUT2D eigenvalue weighted by Gasteiger charge is 2.34. The number of benzene rings is 1. The van der Waals surface area contributed by atoms with Gasteiger partial charge in [0, 0.05) is 16.0 Å². The Hall–Kier alpha value is -2.20. The van der Waals surface area contributed by atoms with E-state index in [4.69, 9.17) is 9.72 Å². The summed E-state index contributed by atoms with van der Waals surface area (Å²) in [6, 6.07) is 8.72. The third-order valence-corrected chi connectivity index (χ3v) is 7.84. The first kappa shape index (κ1) is 21.0. The van der Waals surface area contributed by atoms with E-state index < -0.39 is 0 Å². The molecule has 0 N–H and O–H groups in total. The van der Waals surface area contributed by atoms with Gasteiger partial charge < -0.3 is 4.74 Å². The topological polar surface area (TPSA) is 39.2 Å². The molecule has 0 fully saturated rings. The second kappa shape index (κ2) is 8.50. The summed E-state index contributed by atoms with van der Waals surface area (Å²) in [6.45, 7) is 8.46. The Morgan fingerprint density at radius 2 is 1.87 bits per heavy atom. The predicted octanol–water partition coefficient (Wildman–Crippen LogP) is 6.76. The lowest BCUT2D eigenvalue weighted by Gasteiger charge is -2.26. The van der Waals surface area contributed by atoms with Crippen molar-refractivity contribution in [2.24, 2.45) is 5.92 Å². The van der Waals surface area contributed by atoms with Crippen molar-refractivity contribution in [3.8, 4) is 11.1 Å². The summed E-state index contributed by atoms with van der Waals surface area (Å²) in [5.74, 6) is -0.299. The second-order valence-electron chi connectivity index (χ2n) is 8.63. The molecule has 2 aromatic heterocycles. The molecule has 0 saturated heterocycles. The van der Waals surface area contributed by atoms with Gasteiger partial charge in [-0.25, -0.2) is 4.98 Å². The highest BCUT2D eigenvalue weighted by Crippen LogP contribution is 2.46. The van der Waals surface area contributed by atoms with Gasteiger partial charge in [-0.15, -0.1) is 11.3 Å². The lowest BCUT2D eigenvalue weighted by atomic mass is 9.79. The van der Waals surface area contributed by atoms with Crippen molar-refractivity contribution in [1.29, 1.82) is 0 Å². The van der Waals surface area contributed by atoms with E-state index in [1.807, 2.05) is 11.3 Å². The van der Waals surface area contributed by atoms with Gasteiger partial charge >= 0.3 is 5.97 Å². The number of carbonyl (C=O) groups excluding carboxylic acids is 1. The largest absolute Gasteiger partial charge is 0.469 e. The number of aromatic nitrogens is 1. The van der Waals surface area contributed by atoms with Gasteiger partial charge in [0.05, 0.1) is 13.0 Å². The van der Waals surface area contributed by atoms with Gasteiger partial charge in [-0.2, -0.15) is 0 Å². The molecule has 1 aromatic carbocycles. The number of carbonyl (C=O) groups is 1. The average molecular weight is 422 g/mol. The van der Waals surface area contributed by atoms with Crippen LogP contribution < -0.4 is 0 Å². The lowest BCUT2D eigenvalue weighted by molar-refractivity contribution is -0.143. The van der Waals surface area contributed by atoms with Crippen molar-refractivity contribution >= 4 is 27.5 Å². The van der Waals surface area contributed by atoms with Gasteiger partial charge in [0.1, 0.15) is 4.83 Å². The monoisotopic (exact) mass is 421 g/mol.